The molecule has 0 aliphatic carbocycles. The van der Waals surface area contributed by atoms with Crippen LogP contribution in [0.4, 0.5) is 15.6 Å². The van der Waals surface area contributed by atoms with E-state index >= 15 is 0 Å². The summed E-state index contributed by atoms with van der Waals surface area (Å²) in [6.45, 7) is 3.58. The Labute approximate surface area is 207 Å². The Morgan fingerprint density at radius 1 is 1.11 bits per heavy atom. The predicted molar refractivity (Wildman–Crippen MR) is 133 cm³/mol. The summed E-state index contributed by atoms with van der Waals surface area (Å²) in [6.07, 6.45) is 1.28. The van der Waals surface area contributed by atoms with Gasteiger partial charge >= 0.3 is 6.09 Å². The van der Waals surface area contributed by atoms with Crippen LogP contribution in [0, 0.1) is 0 Å². The van der Waals surface area contributed by atoms with Gasteiger partial charge in [-0.25, -0.2) is 9.78 Å². The molecule has 0 radical (unpaired) electrons. The van der Waals surface area contributed by atoms with Crippen LogP contribution in [-0.2, 0) is 4.74 Å². The second-order valence-corrected chi connectivity index (χ2v) is 9.19. The first kappa shape index (κ1) is 23.0. The Morgan fingerprint density at radius 2 is 1.89 bits per heavy atom. The van der Waals surface area contributed by atoms with Crippen molar-refractivity contribution in [1.29, 1.82) is 0 Å². The van der Waals surface area contributed by atoms with Crippen molar-refractivity contribution in [3.8, 4) is 22.8 Å². The number of ether oxygens (including phenoxy) is 3. The van der Waals surface area contributed by atoms with Gasteiger partial charge in [-0.3, -0.25) is 4.79 Å². The van der Waals surface area contributed by atoms with Crippen LogP contribution in [0.1, 0.15) is 29.4 Å². The fourth-order valence-electron chi connectivity index (χ4n) is 4.09. The number of rotatable bonds is 6. The number of fused-ring (bicyclic) bond motifs is 1. The Kier molecular flexibility index (Phi) is 6.71. The minimum Gasteiger partial charge on any atom is -0.454 e. The van der Waals surface area contributed by atoms with Crippen LogP contribution < -0.4 is 20.1 Å². The maximum absolute atomic E-state index is 13.3. The molecule has 3 aromatic rings. The highest BCUT2D eigenvalue weighted by molar-refractivity contribution is 7.18. The van der Waals surface area contributed by atoms with E-state index in [-0.39, 0.29) is 24.8 Å². The third-order valence-electron chi connectivity index (χ3n) is 5.86. The van der Waals surface area contributed by atoms with Crippen molar-refractivity contribution in [2.45, 2.75) is 25.8 Å². The van der Waals surface area contributed by atoms with Crippen LogP contribution in [0.15, 0.2) is 48.5 Å². The van der Waals surface area contributed by atoms with E-state index < -0.39 is 0 Å². The van der Waals surface area contributed by atoms with Gasteiger partial charge in [-0.1, -0.05) is 41.7 Å². The zero-order valence-electron chi connectivity index (χ0n) is 19.3. The molecular formula is C25H26N4O5S. The number of benzene rings is 2. The Morgan fingerprint density at radius 3 is 2.66 bits per heavy atom. The minimum absolute atomic E-state index is 0.153. The number of anilines is 2. The molecule has 5 rings (SSSR count). The molecule has 1 fully saturated rings. The van der Waals surface area contributed by atoms with Crippen molar-refractivity contribution in [2.24, 2.45) is 0 Å². The third kappa shape index (κ3) is 5.17. The molecule has 0 unspecified atom stereocenters. The number of aromatic nitrogens is 1. The SMILES string of the molecule is CCOC(=O)N1CCC(Nc2nc(-c3ccccc3)c(C(=O)Nc3ccc4c(c3)OCO4)s2)CC1. The molecule has 2 aromatic carbocycles. The fourth-order valence-corrected chi connectivity index (χ4v) is 5.05. The molecule has 2 aliphatic heterocycles. The smallest absolute Gasteiger partial charge is 0.409 e. The van der Waals surface area contributed by atoms with Gasteiger partial charge in [0.15, 0.2) is 16.6 Å². The molecule has 10 heteroatoms. The van der Waals surface area contributed by atoms with E-state index in [0.29, 0.717) is 52.6 Å². The minimum atomic E-state index is -0.269. The van der Waals surface area contributed by atoms with Gasteiger partial charge in [0.25, 0.3) is 5.91 Å². The Bertz CT molecular complexity index is 1210. The van der Waals surface area contributed by atoms with Crippen molar-refractivity contribution in [3.63, 3.8) is 0 Å². The number of hydrogen-bond donors (Lipinski definition) is 2. The van der Waals surface area contributed by atoms with E-state index in [9.17, 15) is 9.59 Å². The number of thiazole rings is 1. The summed E-state index contributed by atoms with van der Waals surface area (Å²) in [5.41, 5.74) is 2.11. The van der Waals surface area contributed by atoms with E-state index in [0.717, 1.165) is 18.4 Å². The number of carbonyl (C=O) groups is 2. The largest absolute Gasteiger partial charge is 0.454 e. The number of likely N-dealkylation sites (tertiary alicyclic amines) is 1. The standard InChI is InChI=1S/C25H26N4O5S/c1-2-32-25(31)29-12-10-17(11-13-29)27-24-28-21(16-6-4-3-5-7-16)22(35-24)23(30)26-18-8-9-19-20(14-18)34-15-33-19/h3-9,14,17H,2,10-13,15H2,1H3,(H,26,30)(H,27,28). The molecule has 0 spiro atoms. The molecule has 35 heavy (non-hydrogen) atoms. The van der Waals surface area contributed by atoms with Gasteiger partial charge in [0.2, 0.25) is 6.79 Å². The summed E-state index contributed by atoms with van der Waals surface area (Å²) in [7, 11) is 0. The number of hydrogen-bond acceptors (Lipinski definition) is 8. The van der Waals surface area contributed by atoms with Gasteiger partial charge < -0.3 is 29.7 Å². The molecular weight excluding hydrogens is 468 g/mol. The lowest BCUT2D eigenvalue weighted by Gasteiger charge is -2.31. The summed E-state index contributed by atoms with van der Waals surface area (Å²) in [5.74, 6) is 1.02. The quantitative estimate of drug-likeness (QED) is 0.506. The highest BCUT2D eigenvalue weighted by Gasteiger charge is 2.26. The molecule has 0 saturated carbocycles. The molecule has 0 atom stereocenters. The second-order valence-electron chi connectivity index (χ2n) is 8.19. The zero-order valence-corrected chi connectivity index (χ0v) is 20.1. The lowest BCUT2D eigenvalue weighted by atomic mass is 10.1. The number of amides is 2. The average molecular weight is 495 g/mol. The third-order valence-corrected chi connectivity index (χ3v) is 6.84. The average Bonchev–Trinajstić information content (AvgIpc) is 3.52. The molecule has 1 saturated heterocycles. The summed E-state index contributed by atoms with van der Waals surface area (Å²) in [6, 6.07) is 15.1. The van der Waals surface area contributed by atoms with Crippen LogP contribution in [0.2, 0.25) is 0 Å². The van der Waals surface area contributed by atoms with Gasteiger partial charge in [-0.2, -0.15) is 0 Å². The van der Waals surface area contributed by atoms with Crippen LogP contribution in [-0.4, -0.2) is 54.4 Å². The lowest BCUT2D eigenvalue weighted by molar-refractivity contribution is 0.0982. The normalized spacial score (nSPS) is 15.1. The Hall–Kier alpha value is -3.79. The topological polar surface area (TPSA) is 102 Å². The summed E-state index contributed by atoms with van der Waals surface area (Å²) < 4.78 is 15.9. The summed E-state index contributed by atoms with van der Waals surface area (Å²) in [5, 5.41) is 7.10. The van der Waals surface area contributed by atoms with Crippen LogP contribution >= 0.6 is 11.3 Å². The summed E-state index contributed by atoms with van der Waals surface area (Å²) in [4.78, 5) is 32.3. The van der Waals surface area contributed by atoms with Gasteiger partial charge in [-0.05, 0) is 31.9 Å². The maximum Gasteiger partial charge on any atom is 0.409 e. The van der Waals surface area contributed by atoms with Crippen molar-refractivity contribution in [2.75, 3.05) is 37.1 Å². The van der Waals surface area contributed by atoms with Crippen molar-refractivity contribution < 1.29 is 23.8 Å². The van der Waals surface area contributed by atoms with E-state index in [1.54, 1.807) is 30.0 Å². The van der Waals surface area contributed by atoms with E-state index in [2.05, 4.69) is 10.6 Å². The van der Waals surface area contributed by atoms with Gasteiger partial charge in [0.1, 0.15) is 4.88 Å². The lowest BCUT2D eigenvalue weighted by Crippen LogP contribution is -2.42. The first-order chi connectivity index (χ1) is 17.1. The fraction of sp³-hybridized carbons (Fsp3) is 0.320. The molecule has 2 amide bonds. The molecule has 182 valence electrons. The van der Waals surface area contributed by atoms with E-state index in [1.807, 2.05) is 30.3 Å². The maximum atomic E-state index is 13.3. The molecule has 3 heterocycles. The molecule has 2 aliphatic rings. The first-order valence-corrected chi connectivity index (χ1v) is 12.4. The summed E-state index contributed by atoms with van der Waals surface area (Å²) >= 11 is 1.32. The first-order valence-electron chi connectivity index (χ1n) is 11.6. The molecule has 0 bridgehead atoms. The van der Waals surface area contributed by atoms with Crippen molar-refractivity contribution in [1.82, 2.24) is 9.88 Å². The number of nitrogens with one attached hydrogen (secondary N) is 2. The van der Waals surface area contributed by atoms with Crippen LogP contribution in [0.3, 0.4) is 0 Å². The predicted octanol–water partition coefficient (Wildman–Crippen LogP) is 4.82. The number of carbonyl (C=O) groups excluding carboxylic acids is 2. The number of nitrogens with zero attached hydrogens (tertiary/aromatic N) is 2. The number of piperidine rings is 1. The van der Waals surface area contributed by atoms with E-state index in [1.165, 1.54) is 11.3 Å². The van der Waals surface area contributed by atoms with Crippen molar-refractivity contribution in [3.05, 3.63) is 53.4 Å². The van der Waals surface area contributed by atoms with Crippen LogP contribution in [0.25, 0.3) is 11.3 Å². The highest BCUT2D eigenvalue weighted by Crippen LogP contribution is 2.36. The van der Waals surface area contributed by atoms with Gasteiger partial charge in [-0.15, -0.1) is 0 Å². The van der Waals surface area contributed by atoms with Gasteiger partial charge in [0, 0.05) is 36.4 Å². The molecule has 1 aromatic heterocycles. The zero-order chi connectivity index (χ0) is 24.2. The monoisotopic (exact) mass is 494 g/mol. The Balaban J connectivity index is 1.32. The van der Waals surface area contributed by atoms with Crippen molar-refractivity contribution >= 4 is 34.2 Å². The van der Waals surface area contributed by atoms with Gasteiger partial charge in [0.05, 0.1) is 12.3 Å². The van der Waals surface area contributed by atoms with Crippen LogP contribution in [0.5, 0.6) is 11.5 Å². The molecule has 9 nitrogen and oxygen atoms in total. The second kappa shape index (κ2) is 10.2. The highest BCUT2D eigenvalue weighted by atomic mass is 32.1. The van der Waals surface area contributed by atoms with E-state index in [4.69, 9.17) is 19.2 Å². The molecule has 2 N–H and O–H groups in total.